The molecule has 6 heteroatoms. The van der Waals surface area contributed by atoms with Crippen LogP contribution in [0.15, 0.2) is 6.20 Å². The van der Waals surface area contributed by atoms with Gasteiger partial charge >= 0.3 is 5.97 Å². The number of carboxylic acid groups (broad SMARTS) is 1. The van der Waals surface area contributed by atoms with Gasteiger partial charge in [0.15, 0.2) is 0 Å². The molecule has 19 heavy (non-hydrogen) atoms. The van der Waals surface area contributed by atoms with Crippen LogP contribution in [0.3, 0.4) is 0 Å². The smallest absolute Gasteiger partial charge is 0.329 e. The highest BCUT2D eigenvalue weighted by atomic mass is 32.1. The first-order valence-corrected chi connectivity index (χ1v) is 7.25. The van der Waals surface area contributed by atoms with Gasteiger partial charge in [0, 0.05) is 0 Å². The fraction of sp³-hybridized carbons (Fsp3) is 0.615. The SMILES string of the molecule is Cc1ncc(C(=O)NC2(C(=O)O)CCCCC2C)s1. The molecule has 0 aliphatic heterocycles. The van der Waals surface area contributed by atoms with Crippen LogP contribution in [0.1, 0.15) is 47.3 Å². The summed E-state index contributed by atoms with van der Waals surface area (Å²) in [5, 5.41) is 13.1. The number of aromatic nitrogens is 1. The van der Waals surface area contributed by atoms with Gasteiger partial charge in [-0.3, -0.25) is 4.79 Å². The molecule has 2 unspecified atom stereocenters. The van der Waals surface area contributed by atoms with Crippen molar-refractivity contribution in [1.29, 1.82) is 0 Å². The molecule has 1 aromatic heterocycles. The van der Waals surface area contributed by atoms with Crippen LogP contribution in [-0.2, 0) is 4.79 Å². The maximum Gasteiger partial charge on any atom is 0.329 e. The van der Waals surface area contributed by atoms with Crippen LogP contribution in [-0.4, -0.2) is 27.5 Å². The summed E-state index contributed by atoms with van der Waals surface area (Å²) >= 11 is 1.28. The minimum absolute atomic E-state index is 0.0586. The van der Waals surface area contributed by atoms with Crippen molar-refractivity contribution in [1.82, 2.24) is 10.3 Å². The number of carboxylic acids is 1. The average Bonchev–Trinajstić information content (AvgIpc) is 2.78. The van der Waals surface area contributed by atoms with E-state index in [1.54, 1.807) is 0 Å². The van der Waals surface area contributed by atoms with Crippen molar-refractivity contribution in [3.8, 4) is 0 Å². The maximum absolute atomic E-state index is 12.2. The number of hydrogen-bond donors (Lipinski definition) is 2. The zero-order valence-corrected chi connectivity index (χ0v) is 11.9. The van der Waals surface area contributed by atoms with Crippen LogP contribution >= 0.6 is 11.3 Å². The van der Waals surface area contributed by atoms with Gasteiger partial charge in [-0.15, -0.1) is 11.3 Å². The topological polar surface area (TPSA) is 79.3 Å². The molecule has 2 N–H and O–H groups in total. The first-order chi connectivity index (χ1) is 8.95. The lowest BCUT2D eigenvalue weighted by Crippen LogP contribution is -2.59. The third-order valence-corrected chi connectivity index (χ3v) is 4.77. The number of nitrogens with one attached hydrogen (secondary N) is 1. The first-order valence-electron chi connectivity index (χ1n) is 6.44. The van der Waals surface area contributed by atoms with Crippen LogP contribution in [0.5, 0.6) is 0 Å². The van der Waals surface area contributed by atoms with Gasteiger partial charge in [-0.05, 0) is 25.7 Å². The average molecular weight is 282 g/mol. The molecule has 0 spiro atoms. The quantitative estimate of drug-likeness (QED) is 0.891. The summed E-state index contributed by atoms with van der Waals surface area (Å²) in [6.45, 7) is 3.71. The minimum Gasteiger partial charge on any atom is -0.479 e. The number of carbonyl (C=O) groups is 2. The number of hydrogen-bond acceptors (Lipinski definition) is 4. The van der Waals surface area contributed by atoms with E-state index in [1.807, 2.05) is 13.8 Å². The highest BCUT2D eigenvalue weighted by Crippen LogP contribution is 2.34. The van der Waals surface area contributed by atoms with Gasteiger partial charge in [0.2, 0.25) is 0 Å². The molecular weight excluding hydrogens is 264 g/mol. The second-order valence-corrected chi connectivity index (χ2v) is 6.36. The normalized spacial score (nSPS) is 26.9. The van der Waals surface area contributed by atoms with Crippen molar-refractivity contribution in [3.05, 3.63) is 16.1 Å². The Bertz CT molecular complexity index is 500. The van der Waals surface area contributed by atoms with Crippen LogP contribution in [0, 0.1) is 12.8 Å². The Hall–Kier alpha value is -1.43. The summed E-state index contributed by atoms with van der Waals surface area (Å²) in [6.07, 6.45) is 4.67. The molecule has 0 bridgehead atoms. The van der Waals surface area contributed by atoms with Gasteiger partial charge in [-0.2, -0.15) is 0 Å². The Morgan fingerprint density at radius 2 is 2.26 bits per heavy atom. The molecule has 104 valence electrons. The van der Waals surface area contributed by atoms with Crippen molar-refractivity contribution in [2.45, 2.75) is 45.1 Å². The summed E-state index contributed by atoms with van der Waals surface area (Å²) in [5.74, 6) is -1.33. The number of aliphatic carboxylic acids is 1. The number of nitrogens with zero attached hydrogens (tertiary/aromatic N) is 1. The van der Waals surface area contributed by atoms with Gasteiger partial charge in [-0.1, -0.05) is 19.8 Å². The molecule has 2 atom stereocenters. The molecule has 1 heterocycles. The number of aryl methyl sites for hydroxylation is 1. The lowest BCUT2D eigenvalue weighted by molar-refractivity contribution is -0.148. The second-order valence-electron chi connectivity index (χ2n) is 5.12. The zero-order valence-electron chi connectivity index (χ0n) is 11.1. The number of thiazole rings is 1. The van der Waals surface area contributed by atoms with E-state index in [-0.39, 0.29) is 11.8 Å². The van der Waals surface area contributed by atoms with E-state index in [0.29, 0.717) is 11.3 Å². The minimum atomic E-state index is -1.13. The number of rotatable bonds is 3. The lowest BCUT2D eigenvalue weighted by Gasteiger charge is -2.39. The van der Waals surface area contributed by atoms with E-state index in [4.69, 9.17) is 0 Å². The number of amides is 1. The Morgan fingerprint density at radius 3 is 2.79 bits per heavy atom. The van der Waals surface area contributed by atoms with Crippen LogP contribution in [0.4, 0.5) is 0 Å². The third-order valence-electron chi connectivity index (χ3n) is 3.86. The molecule has 1 fully saturated rings. The van der Waals surface area contributed by atoms with Crippen LogP contribution in [0.2, 0.25) is 0 Å². The highest BCUT2D eigenvalue weighted by molar-refractivity contribution is 7.13. The van der Waals surface area contributed by atoms with Crippen LogP contribution < -0.4 is 5.32 Å². The predicted molar refractivity (Wildman–Crippen MR) is 72.3 cm³/mol. The monoisotopic (exact) mass is 282 g/mol. The molecule has 0 radical (unpaired) electrons. The molecule has 1 aromatic rings. The molecule has 5 nitrogen and oxygen atoms in total. The lowest BCUT2D eigenvalue weighted by atomic mass is 9.73. The van der Waals surface area contributed by atoms with E-state index in [9.17, 15) is 14.7 Å². The van der Waals surface area contributed by atoms with Gasteiger partial charge in [0.05, 0.1) is 11.2 Å². The number of carbonyl (C=O) groups excluding carboxylic acids is 1. The molecule has 1 aliphatic rings. The second kappa shape index (κ2) is 5.28. The molecule has 0 saturated heterocycles. The van der Waals surface area contributed by atoms with Crippen LogP contribution in [0.25, 0.3) is 0 Å². The summed E-state index contributed by atoms with van der Waals surface area (Å²) in [4.78, 5) is 28.3. The molecule has 1 amide bonds. The largest absolute Gasteiger partial charge is 0.479 e. The summed E-state index contributed by atoms with van der Waals surface area (Å²) in [5.41, 5.74) is -1.13. The predicted octanol–water partition coefficient (Wildman–Crippen LogP) is 2.21. The fourth-order valence-corrected chi connectivity index (χ4v) is 3.31. The molecular formula is C13H18N2O3S. The maximum atomic E-state index is 12.2. The van der Waals surface area contributed by atoms with Gasteiger partial charge in [0.25, 0.3) is 5.91 Å². The van der Waals surface area contributed by atoms with Crippen molar-refractivity contribution < 1.29 is 14.7 Å². The van der Waals surface area contributed by atoms with Crippen molar-refractivity contribution >= 4 is 23.2 Å². The molecule has 1 saturated carbocycles. The third kappa shape index (κ3) is 2.63. The Labute approximate surface area is 116 Å². The Balaban J connectivity index is 2.21. The van der Waals surface area contributed by atoms with E-state index < -0.39 is 11.5 Å². The summed E-state index contributed by atoms with van der Waals surface area (Å²) in [6, 6.07) is 0. The standard InChI is InChI=1S/C13H18N2O3S/c1-8-5-3-4-6-13(8,12(17)18)15-11(16)10-7-14-9(2)19-10/h7-8H,3-6H2,1-2H3,(H,15,16)(H,17,18). The van der Waals surface area contributed by atoms with Crippen molar-refractivity contribution in [2.24, 2.45) is 5.92 Å². The van der Waals surface area contributed by atoms with Gasteiger partial charge in [-0.25, -0.2) is 9.78 Å². The van der Waals surface area contributed by atoms with Gasteiger partial charge in [0.1, 0.15) is 10.4 Å². The molecule has 1 aliphatic carbocycles. The Kier molecular flexibility index (Phi) is 3.89. The Morgan fingerprint density at radius 1 is 1.53 bits per heavy atom. The zero-order chi connectivity index (χ0) is 14.0. The van der Waals surface area contributed by atoms with E-state index in [1.165, 1.54) is 17.5 Å². The van der Waals surface area contributed by atoms with Crippen molar-refractivity contribution in [3.63, 3.8) is 0 Å². The fourth-order valence-electron chi connectivity index (χ4n) is 2.63. The van der Waals surface area contributed by atoms with E-state index >= 15 is 0 Å². The van der Waals surface area contributed by atoms with Gasteiger partial charge < -0.3 is 10.4 Å². The molecule has 2 rings (SSSR count). The summed E-state index contributed by atoms with van der Waals surface area (Å²) < 4.78 is 0. The highest BCUT2D eigenvalue weighted by Gasteiger charge is 2.46. The van der Waals surface area contributed by atoms with Crippen molar-refractivity contribution in [2.75, 3.05) is 0 Å². The summed E-state index contributed by atoms with van der Waals surface area (Å²) in [7, 11) is 0. The molecule has 0 aromatic carbocycles. The van der Waals surface area contributed by atoms with E-state index in [2.05, 4.69) is 10.3 Å². The first kappa shape index (κ1) is 14.0. The van der Waals surface area contributed by atoms with E-state index in [0.717, 1.165) is 24.3 Å².